The number of rotatable bonds is 8. The summed E-state index contributed by atoms with van der Waals surface area (Å²) in [5.74, 6) is -0.468. The van der Waals surface area contributed by atoms with Gasteiger partial charge in [-0.1, -0.05) is 46.1 Å². The summed E-state index contributed by atoms with van der Waals surface area (Å²) in [5.41, 5.74) is 1.77. The zero-order chi connectivity index (χ0) is 19.9. The van der Waals surface area contributed by atoms with Crippen molar-refractivity contribution < 1.29 is 23.8 Å². The third kappa shape index (κ3) is 7.13. The maximum Gasteiger partial charge on any atom is 0.333 e. The van der Waals surface area contributed by atoms with Gasteiger partial charge in [0.1, 0.15) is 19.0 Å². The average Bonchev–Trinajstić information content (AvgIpc) is 2.56. The Hall–Kier alpha value is -2.56. The molecule has 0 heterocycles. The molecule has 142 valence electrons. The highest BCUT2D eigenvalue weighted by atomic mass is 16.6. The quantitative estimate of drug-likeness (QED) is 0.518. The molecule has 0 radical (unpaired) electrons. The molecule has 0 spiro atoms. The third-order valence-corrected chi connectivity index (χ3v) is 3.53. The maximum absolute atomic E-state index is 11.8. The number of benzene rings is 1. The molecule has 1 rings (SSSR count). The molecule has 1 aromatic carbocycles. The number of carbonyl (C=O) groups is 2. The Morgan fingerprint density at radius 3 is 1.96 bits per heavy atom. The van der Waals surface area contributed by atoms with E-state index >= 15 is 0 Å². The van der Waals surface area contributed by atoms with Crippen molar-refractivity contribution in [1.29, 1.82) is 0 Å². The molecule has 1 unspecified atom stereocenters. The van der Waals surface area contributed by atoms with Crippen LogP contribution in [0.3, 0.4) is 0 Å². The fourth-order valence-electron chi connectivity index (χ4n) is 1.90. The highest BCUT2D eigenvalue weighted by Crippen LogP contribution is 2.24. The van der Waals surface area contributed by atoms with Gasteiger partial charge in [0.2, 0.25) is 0 Å². The van der Waals surface area contributed by atoms with Crippen molar-refractivity contribution in [3.05, 3.63) is 54.1 Å². The SMILES string of the molecule is C=C(C)C(=O)OCC(COc1ccc(C(C)(C)C)cc1)OC(=O)C(=C)C. The highest BCUT2D eigenvalue weighted by molar-refractivity contribution is 5.87. The summed E-state index contributed by atoms with van der Waals surface area (Å²) in [6.45, 7) is 16.5. The first-order chi connectivity index (χ1) is 12.0. The van der Waals surface area contributed by atoms with Gasteiger partial charge in [0.15, 0.2) is 6.10 Å². The fraction of sp³-hybridized carbons (Fsp3) is 0.429. The summed E-state index contributed by atoms with van der Waals surface area (Å²) in [7, 11) is 0. The van der Waals surface area contributed by atoms with Crippen LogP contribution in [0.25, 0.3) is 0 Å². The Balaban J connectivity index is 2.71. The normalized spacial score (nSPS) is 12.0. The molecule has 0 fully saturated rings. The van der Waals surface area contributed by atoms with E-state index in [4.69, 9.17) is 14.2 Å². The van der Waals surface area contributed by atoms with Gasteiger partial charge in [-0.2, -0.15) is 0 Å². The predicted octanol–water partition coefficient (Wildman–Crippen LogP) is 3.97. The fourth-order valence-corrected chi connectivity index (χ4v) is 1.90. The van der Waals surface area contributed by atoms with E-state index in [1.165, 1.54) is 5.56 Å². The van der Waals surface area contributed by atoms with Gasteiger partial charge in [0, 0.05) is 11.1 Å². The molecule has 5 nitrogen and oxygen atoms in total. The van der Waals surface area contributed by atoms with Crippen molar-refractivity contribution in [2.24, 2.45) is 0 Å². The summed E-state index contributed by atoms with van der Waals surface area (Å²) in [6, 6.07) is 7.70. The van der Waals surface area contributed by atoms with Crippen molar-refractivity contribution in [3.8, 4) is 5.75 Å². The van der Waals surface area contributed by atoms with Crippen molar-refractivity contribution in [1.82, 2.24) is 0 Å². The number of carbonyl (C=O) groups excluding carboxylic acids is 2. The Labute approximate surface area is 155 Å². The molecule has 0 aliphatic heterocycles. The lowest BCUT2D eigenvalue weighted by molar-refractivity contribution is -0.155. The van der Waals surface area contributed by atoms with Crippen molar-refractivity contribution in [2.45, 2.75) is 46.1 Å². The van der Waals surface area contributed by atoms with E-state index in [1.54, 1.807) is 13.8 Å². The molecule has 0 aromatic heterocycles. The van der Waals surface area contributed by atoms with Crippen LogP contribution in [0.4, 0.5) is 0 Å². The van der Waals surface area contributed by atoms with Crippen LogP contribution < -0.4 is 4.74 Å². The Morgan fingerprint density at radius 2 is 1.50 bits per heavy atom. The van der Waals surface area contributed by atoms with Crippen LogP contribution in [0.1, 0.15) is 40.2 Å². The number of ether oxygens (including phenoxy) is 3. The average molecular weight is 360 g/mol. The summed E-state index contributed by atoms with van der Waals surface area (Å²) in [5, 5.41) is 0. The molecule has 5 heteroatoms. The summed E-state index contributed by atoms with van der Waals surface area (Å²) in [4.78, 5) is 23.3. The molecule has 0 aliphatic carbocycles. The molecule has 26 heavy (non-hydrogen) atoms. The van der Waals surface area contributed by atoms with Gasteiger partial charge in [0.25, 0.3) is 0 Å². The largest absolute Gasteiger partial charge is 0.490 e. The zero-order valence-electron chi connectivity index (χ0n) is 16.3. The first-order valence-corrected chi connectivity index (χ1v) is 8.43. The molecule has 0 saturated heterocycles. The predicted molar refractivity (Wildman–Crippen MR) is 101 cm³/mol. The van der Waals surface area contributed by atoms with Crippen LogP contribution in [-0.4, -0.2) is 31.3 Å². The van der Waals surface area contributed by atoms with Crippen molar-refractivity contribution >= 4 is 11.9 Å². The van der Waals surface area contributed by atoms with Gasteiger partial charge >= 0.3 is 11.9 Å². The molecular formula is C21H28O5. The van der Waals surface area contributed by atoms with E-state index in [0.29, 0.717) is 5.75 Å². The van der Waals surface area contributed by atoms with E-state index in [2.05, 4.69) is 33.9 Å². The van der Waals surface area contributed by atoms with Crippen LogP contribution in [0.2, 0.25) is 0 Å². The van der Waals surface area contributed by atoms with Crippen LogP contribution in [-0.2, 0) is 24.5 Å². The minimum absolute atomic E-state index is 0.0504. The summed E-state index contributed by atoms with van der Waals surface area (Å²) in [6.07, 6.45) is -0.746. The minimum atomic E-state index is -0.746. The molecule has 0 aliphatic rings. The highest BCUT2D eigenvalue weighted by Gasteiger charge is 2.19. The topological polar surface area (TPSA) is 61.8 Å². The lowest BCUT2D eigenvalue weighted by atomic mass is 9.87. The summed E-state index contributed by atoms with van der Waals surface area (Å²) < 4.78 is 16.0. The lowest BCUT2D eigenvalue weighted by Crippen LogP contribution is -2.31. The molecular weight excluding hydrogens is 332 g/mol. The molecule has 0 N–H and O–H groups in total. The zero-order valence-corrected chi connectivity index (χ0v) is 16.3. The van der Waals surface area contributed by atoms with E-state index in [1.807, 2.05) is 24.3 Å². The van der Waals surface area contributed by atoms with Gasteiger partial charge in [-0.25, -0.2) is 9.59 Å². The minimum Gasteiger partial charge on any atom is -0.490 e. The lowest BCUT2D eigenvalue weighted by Gasteiger charge is -2.20. The standard InChI is InChI=1S/C21H28O5/c1-14(2)19(22)25-13-18(26-20(23)15(3)4)12-24-17-10-8-16(9-11-17)21(5,6)7/h8-11,18H,1,3,12-13H2,2,4-7H3. The first-order valence-electron chi connectivity index (χ1n) is 8.43. The number of hydrogen-bond acceptors (Lipinski definition) is 5. The Kier molecular flexibility index (Phi) is 7.62. The number of esters is 2. The van der Waals surface area contributed by atoms with Crippen LogP contribution >= 0.6 is 0 Å². The maximum atomic E-state index is 11.8. The van der Waals surface area contributed by atoms with E-state index in [-0.39, 0.29) is 29.8 Å². The molecule has 0 amide bonds. The van der Waals surface area contributed by atoms with Crippen molar-refractivity contribution in [2.75, 3.05) is 13.2 Å². The summed E-state index contributed by atoms with van der Waals surface area (Å²) >= 11 is 0. The van der Waals surface area contributed by atoms with Gasteiger partial charge in [-0.3, -0.25) is 0 Å². The third-order valence-electron chi connectivity index (χ3n) is 3.53. The second-order valence-corrected chi connectivity index (χ2v) is 7.27. The Bertz CT molecular complexity index is 665. The van der Waals surface area contributed by atoms with Crippen LogP contribution in [0.5, 0.6) is 5.75 Å². The van der Waals surface area contributed by atoms with Crippen LogP contribution in [0, 0.1) is 0 Å². The second-order valence-electron chi connectivity index (χ2n) is 7.27. The van der Waals surface area contributed by atoms with Gasteiger partial charge in [0.05, 0.1) is 0 Å². The van der Waals surface area contributed by atoms with Crippen LogP contribution in [0.15, 0.2) is 48.6 Å². The van der Waals surface area contributed by atoms with E-state index in [0.717, 1.165) is 0 Å². The molecule has 1 atom stereocenters. The van der Waals surface area contributed by atoms with Crippen molar-refractivity contribution in [3.63, 3.8) is 0 Å². The Morgan fingerprint density at radius 1 is 0.962 bits per heavy atom. The monoisotopic (exact) mass is 360 g/mol. The first kappa shape index (κ1) is 21.5. The van der Waals surface area contributed by atoms with Gasteiger partial charge < -0.3 is 14.2 Å². The molecule has 0 bridgehead atoms. The van der Waals surface area contributed by atoms with E-state index in [9.17, 15) is 9.59 Å². The molecule has 1 aromatic rings. The van der Waals surface area contributed by atoms with Gasteiger partial charge in [-0.05, 0) is 37.0 Å². The van der Waals surface area contributed by atoms with Gasteiger partial charge in [-0.15, -0.1) is 0 Å². The second kappa shape index (κ2) is 9.22. The molecule has 0 saturated carbocycles. The number of hydrogen-bond donors (Lipinski definition) is 0. The van der Waals surface area contributed by atoms with E-state index < -0.39 is 18.0 Å². The smallest absolute Gasteiger partial charge is 0.333 e.